The number of carbonyl (C=O) groups excluding carboxylic acids is 1. The summed E-state index contributed by atoms with van der Waals surface area (Å²) in [5.74, 6) is -1.72. The molecule has 6 heteroatoms. The number of anilines is 1. The highest BCUT2D eigenvalue weighted by molar-refractivity contribution is 6.04. The summed E-state index contributed by atoms with van der Waals surface area (Å²) in [6.45, 7) is 5.96. The fourth-order valence-electron chi connectivity index (χ4n) is 3.48. The molecule has 0 unspecified atom stereocenters. The maximum atomic E-state index is 13.8. The summed E-state index contributed by atoms with van der Waals surface area (Å²) < 4.78 is 33.8. The molecule has 3 aromatic rings. The minimum Gasteiger partial charge on any atom is -0.483 e. The van der Waals surface area contributed by atoms with Crippen LogP contribution in [0.5, 0.6) is 5.75 Å². The Bertz CT molecular complexity index is 1150. The fraction of sp³-hybridized carbons (Fsp3) is 0.167. The zero-order valence-corrected chi connectivity index (χ0v) is 16.8. The van der Waals surface area contributed by atoms with Gasteiger partial charge in [-0.3, -0.25) is 4.79 Å². The van der Waals surface area contributed by atoms with E-state index in [-0.39, 0.29) is 5.82 Å². The van der Waals surface area contributed by atoms with Crippen LogP contribution in [0, 0.1) is 18.6 Å². The number of ether oxygens (including phenoxy) is 1. The maximum absolute atomic E-state index is 13.8. The molecule has 152 valence electrons. The van der Waals surface area contributed by atoms with E-state index in [0.717, 1.165) is 40.1 Å². The van der Waals surface area contributed by atoms with Crippen molar-refractivity contribution in [3.63, 3.8) is 0 Å². The number of hydrogen-bond acceptors (Lipinski definition) is 3. The molecule has 0 saturated carbocycles. The van der Waals surface area contributed by atoms with E-state index < -0.39 is 28.7 Å². The highest BCUT2D eigenvalue weighted by Crippen LogP contribution is 2.41. The van der Waals surface area contributed by atoms with Crippen molar-refractivity contribution in [2.24, 2.45) is 0 Å². The van der Waals surface area contributed by atoms with Crippen LogP contribution in [-0.4, -0.2) is 16.5 Å². The minimum atomic E-state index is -0.925. The number of hydrogen-bond donors (Lipinski definition) is 1. The zero-order valence-electron chi connectivity index (χ0n) is 16.8. The van der Waals surface area contributed by atoms with E-state index in [4.69, 9.17) is 4.74 Å². The third-order valence-corrected chi connectivity index (χ3v) is 4.87. The second-order valence-corrected chi connectivity index (χ2v) is 7.70. The van der Waals surface area contributed by atoms with Gasteiger partial charge in [0.15, 0.2) is 0 Å². The van der Waals surface area contributed by atoms with Gasteiger partial charge in [-0.05, 0) is 62.2 Å². The third-order valence-electron chi connectivity index (χ3n) is 4.87. The molecule has 2 aromatic carbocycles. The molecule has 0 spiro atoms. The summed E-state index contributed by atoms with van der Waals surface area (Å²) in [7, 11) is 0. The van der Waals surface area contributed by atoms with E-state index in [1.165, 1.54) is 6.07 Å². The van der Waals surface area contributed by atoms with E-state index >= 15 is 0 Å². The predicted molar refractivity (Wildman–Crippen MR) is 112 cm³/mol. The van der Waals surface area contributed by atoms with Gasteiger partial charge in [0.2, 0.25) is 0 Å². The highest BCUT2D eigenvalue weighted by Gasteiger charge is 2.28. The number of nitrogens with zero attached hydrogens (tertiary/aromatic N) is 1. The molecule has 0 atom stereocenters. The topological polar surface area (TPSA) is 51.2 Å². The van der Waals surface area contributed by atoms with Gasteiger partial charge in [0.1, 0.15) is 34.4 Å². The van der Waals surface area contributed by atoms with Crippen molar-refractivity contribution >= 4 is 17.3 Å². The average molecular weight is 406 g/mol. The first-order valence-electron chi connectivity index (χ1n) is 9.49. The molecule has 0 radical (unpaired) electrons. The number of halogens is 2. The summed E-state index contributed by atoms with van der Waals surface area (Å²) in [5.41, 5.74) is 2.67. The van der Waals surface area contributed by atoms with E-state index in [9.17, 15) is 13.6 Å². The van der Waals surface area contributed by atoms with E-state index in [1.54, 1.807) is 18.3 Å². The van der Waals surface area contributed by atoms with Gasteiger partial charge in [-0.1, -0.05) is 24.3 Å². The Morgan fingerprint density at radius 2 is 1.73 bits per heavy atom. The molecule has 1 amide bonds. The normalized spacial score (nSPS) is 14.4. The van der Waals surface area contributed by atoms with Gasteiger partial charge >= 0.3 is 0 Å². The summed E-state index contributed by atoms with van der Waals surface area (Å²) in [5, 5.41) is 2.44. The monoisotopic (exact) mass is 406 g/mol. The van der Waals surface area contributed by atoms with Crippen LogP contribution in [0.15, 0.2) is 60.8 Å². The Balaban J connectivity index is 1.64. The number of amides is 1. The van der Waals surface area contributed by atoms with Crippen molar-refractivity contribution in [1.82, 2.24) is 4.98 Å². The number of rotatable bonds is 3. The van der Waals surface area contributed by atoms with Gasteiger partial charge in [-0.15, -0.1) is 0 Å². The second-order valence-electron chi connectivity index (χ2n) is 7.70. The standard InChI is InChI=1S/C24H20F2N2O2/c1-14-6-4-7-16-17(12-24(2,3)30-22(14)16)15-10-11-20(27-13-15)28-23(29)21-18(25)8-5-9-19(21)26/h4-13H,1-3H3,(H,27,28,29). The van der Waals surface area contributed by atoms with Crippen LogP contribution in [0.2, 0.25) is 0 Å². The molecule has 1 aromatic heterocycles. The van der Waals surface area contributed by atoms with Gasteiger partial charge in [0.25, 0.3) is 5.91 Å². The lowest BCUT2D eigenvalue weighted by Crippen LogP contribution is -2.29. The Labute approximate surface area is 173 Å². The molecule has 1 aliphatic heterocycles. The Hall–Kier alpha value is -3.54. The number of para-hydroxylation sites is 1. The number of nitrogens with one attached hydrogen (secondary N) is 1. The number of carbonyl (C=O) groups is 1. The van der Waals surface area contributed by atoms with Crippen LogP contribution >= 0.6 is 0 Å². The van der Waals surface area contributed by atoms with Gasteiger partial charge in [-0.25, -0.2) is 13.8 Å². The number of aromatic nitrogens is 1. The van der Waals surface area contributed by atoms with Crippen molar-refractivity contribution in [2.45, 2.75) is 26.4 Å². The first-order chi connectivity index (χ1) is 14.2. The van der Waals surface area contributed by atoms with E-state index in [1.807, 2.05) is 45.0 Å². The Morgan fingerprint density at radius 1 is 1.03 bits per heavy atom. The number of benzene rings is 2. The summed E-state index contributed by atoms with van der Waals surface area (Å²) in [6.07, 6.45) is 3.64. The van der Waals surface area contributed by atoms with Crippen LogP contribution < -0.4 is 10.1 Å². The molecular formula is C24H20F2N2O2. The van der Waals surface area contributed by atoms with Crippen LogP contribution in [0.3, 0.4) is 0 Å². The van der Waals surface area contributed by atoms with Crippen LogP contribution in [-0.2, 0) is 0 Å². The van der Waals surface area contributed by atoms with Crippen molar-refractivity contribution in [1.29, 1.82) is 0 Å². The quantitative estimate of drug-likeness (QED) is 0.623. The van der Waals surface area contributed by atoms with Crippen molar-refractivity contribution in [3.8, 4) is 5.75 Å². The molecule has 0 bridgehead atoms. The SMILES string of the molecule is Cc1cccc2c1OC(C)(C)C=C2c1ccc(NC(=O)c2c(F)cccc2F)nc1. The molecule has 4 rings (SSSR count). The second kappa shape index (κ2) is 7.37. The summed E-state index contributed by atoms with van der Waals surface area (Å²) in [6, 6.07) is 12.6. The van der Waals surface area contributed by atoms with E-state index in [2.05, 4.69) is 10.3 Å². The average Bonchev–Trinajstić information content (AvgIpc) is 2.68. The van der Waals surface area contributed by atoms with Crippen LogP contribution in [0.25, 0.3) is 5.57 Å². The van der Waals surface area contributed by atoms with Crippen molar-refractivity contribution < 1.29 is 18.3 Å². The largest absolute Gasteiger partial charge is 0.483 e. The first-order valence-corrected chi connectivity index (χ1v) is 9.49. The molecule has 0 fully saturated rings. The molecule has 0 aliphatic carbocycles. The number of pyridine rings is 1. The number of aryl methyl sites for hydroxylation is 1. The van der Waals surface area contributed by atoms with Gasteiger partial charge < -0.3 is 10.1 Å². The van der Waals surface area contributed by atoms with Gasteiger partial charge in [-0.2, -0.15) is 0 Å². The highest BCUT2D eigenvalue weighted by atomic mass is 19.1. The Morgan fingerprint density at radius 3 is 2.40 bits per heavy atom. The molecule has 30 heavy (non-hydrogen) atoms. The summed E-state index contributed by atoms with van der Waals surface area (Å²) in [4.78, 5) is 16.5. The minimum absolute atomic E-state index is 0.197. The number of fused-ring (bicyclic) bond motifs is 1. The molecular weight excluding hydrogens is 386 g/mol. The van der Waals surface area contributed by atoms with Crippen LogP contribution in [0.4, 0.5) is 14.6 Å². The van der Waals surface area contributed by atoms with Gasteiger partial charge in [0.05, 0.1) is 0 Å². The van der Waals surface area contributed by atoms with E-state index in [0.29, 0.717) is 0 Å². The smallest absolute Gasteiger partial charge is 0.262 e. The Kier molecular flexibility index (Phi) is 4.86. The van der Waals surface area contributed by atoms with Gasteiger partial charge in [0, 0.05) is 17.3 Å². The third kappa shape index (κ3) is 3.68. The fourth-order valence-corrected chi connectivity index (χ4v) is 3.48. The molecule has 0 saturated heterocycles. The zero-order chi connectivity index (χ0) is 21.5. The first kappa shape index (κ1) is 19.8. The van der Waals surface area contributed by atoms with Crippen molar-refractivity contribution in [2.75, 3.05) is 5.32 Å². The van der Waals surface area contributed by atoms with Crippen LogP contribution in [0.1, 0.15) is 40.9 Å². The summed E-state index contributed by atoms with van der Waals surface area (Å²) >= 11 is 0. The molecule has 1 N–H and O–H groups in total. The molecule has 2 heterocycles. The van der Waals surface area contributed by atoms with Crippen molar-refractivity contribution in [3.05, 3.63) is 94.7 Å². The molecule has 4 nitrogen and oxygen atoms in total. The maximum Gasteiger partial charge on any atom is 0.262 e. The molecule has 1 aliphatic rings. The predicted octanol–water partition coefficient (Wildman–Crippen LogP) is 5.52. The lowest BCUT2D eigenvalue weighted by atomic mass is 9.89. The lowest BCUT2D eigenvalue weighted by molar-refractivity contribution is 0.101. The lowest BCUT2D eigenvalue weighted by Gasteiger charge is -2.32.